The van der Waals surface area contributed by atoms with E-state index in [9.17, 15) is 9.59 Å². The molecule has 0 saturated carbocycles. The molecular weight excluding hydrogens is 400 g/mol. The number of amides is 1. The fourth-order valence-corrected chi connectivity index (χ4v) is 5.46. The highest BCUT2D eigenvalue weighted by atomic mass is 16.2. The number of aromatic nitrogens is 2. The minimum Gasteiger partial charge on any atom is -0.352 e. The molecule has 2 aromatic heterocycles. The highest BCUT2D eigenvalue weighted by Crippen LogP contribution is 2.30. The molecule has 0 aliphatic carbocycles. The molecule has 0 unspecified atom stereocenters. The molecule has 0 bridgehead atoms. The number of pyridine rings is 2. The molecule has 32 heavy (non-hydrogen) atoms. The summed E-state index contributed by atoms with van der Waals surface area (Å²) >= 11 is 0. The predicted molar refractivity (Wildman–Crippen MR) is 126 cm³/mol. The molecule has 166 valence electrons. The lowest BCUT2D eigenvalue weighted by Crippen LogP contribution is -2.51. The fraction of sp³-hybridized carbons (Fsp3) is 0.423. The average Bonchev–Trinajstić information content (AvgIpc) is 2.85. The predicted octanol–water partition coefficient (Wildman–Crippen LogP) is 3.44. The third-order valence-corrected chi connectivity index (χ3v) is 7.09. The standard InChI is InChI=1S/C26H30N4O2/c31-25(28-16-20-6-5-15-29-14-4-3-9-24(20)29)23-18-30(17-19-10-12-27-13-11-19)26(32)22-8-2-1-7-21(22)23/h1-2,7-8,10-13,18,20,24H,3-6,9,14-17H2,(H,28,31)/t20-,24-/m1/s1. The van der Waals surface area contributed by atoms with Crippen LogP contribution < -0.4 is 10.9 Å². The summed E-state index contributed by atoms with van der Waals surface area (Å²) in [5.74, 6) is 0.402. The van der Waals surface area contributed by atoms with E-state index < -0.39 is 0 Å². The van der Waals surface area contributed by atoms with Crippen LogP contribution in [-0.2, 0) is 6.54 Å². The number of piperidine rings is 2. The molecule has 2 fully saturated rings. The van der Waals surface area contributed by atoms with E-state index in [0.29, 0.717) is 41.4 Å². The highest BCUT2D eigenvalue weighted by Gasteiger charge is 2.33. The lowest BCUT2D eigenvalue weighted by atomic mass is 9.83. The Morgan fingerprint density at radius 1 is 1.00 bits per heavy atom. The Kier molecular flexibility index (Phi) is 6.04. The van der Waals surface area contributed by atoms with Gasteiger partial charge >= 0.3 is 0 Å². The number of fused-ring (bicyclic) bond motifs is 2. The fourth-order valence-electron chi connectivity index (χ4n) is 5.46. The van der Waals surface area contributed by atoms with Gasteiger partial charge in [0, 0.05) is 41.9 Å². The van der Waals surface area contributed by atoms with E-state index >= 15 is 0 Å². The quantitative estimate of drug-likeness (QED) is 0.673. The molecule has 1 aromatic carbocycles. The number of hydrogen-bond acceptors (Lipinski definition) is 4. The van der Waals surface area contributed by atoms with E-state index in [2.05, 4.69) is 15.2 Å². The molecule has 5 rings (SSSR count). The van der Waals surface area contributed by atoms with Gasteiger partial charge in [-0.2, -0.15) is 0 Å². The molecule has 1 amide bonds. The minimum atomic E-state index is -0.0994. The second-order valence-corrected chi connectivity index (χ2v) is 9.09. The van der Waals surface area contributed by atoms with Gasteiger partial charge in [-0.25, -0.2) is 0 Å². The number of nitrogens with zero attached hydrogens (tertiary/aromatic N) is 3. The van der Waals surface area contributed by atoms with Gasteiger partial charge in [0.1, 0.15) is 0 Å². The van der Waals surface area contributed by atoms with Crippen molar-refractivity contribution in [3.63, 3.8) is 0 Å². The van der Waals surface area contributed by atoms with E-state index in [1.165, 1.54) is 45.2 Å². The molecule has 1 N–H and O–H groups in total. The van der Waals surface area contributed by atoms with Crippen molar-refractivity contribution in [2.75, 3.05) is 19.6 Å². The minimum absolute atomic E-state index is 0.0842. The van der Waals surface area contributed by atoms with Crippen LogP contribution >= 0.6 is 0 Å². The molecule has 4 heterocycles. The molecule has 2 atom stereocenters. The monoisotopic (exact) mass is 430 g/mol. The zero-order chi connectivity index (χ0) is 21.9. The van der Waals surface area contributed by atoms with Crippen LogP contribution in [0.25, 0.3) is 10.8 Å². The Morgan fingerprint density at radius 3 is 2.62 bits per heavy atom. The van der Waals surface area contributed by atoms with Crippen LogP contribution in [-0.4, -0.2) is 46.0 Å². The van der Waals surface area contributed by atoms with Crippen LogP contribution in [0.3, 0.4) is 0 Å². The topological polar surface area (TPSA) is 67.2 Å². The smallest absolute Gasteiger partial charge is 0.258 e. The number of benzene rings is 1. The van der Waals surface area contributed by atoms with Crippen molar-refractivity contribution in [3.05, 3.63) is 76.5 Å². The first-order valence-electron chi connectivity index (χ1n) is 11.7. The summed E-state index contributed by atoms with van der Waals surface area (Å²) in [6.07, 6.45) is 11.3. The molecule has 2 aliphatic heterocycles. The van der Waals surface area contributed by atoms with E-state index in [0.717, 1.165) is 5.56 Å². The van der Waals surface area contributed by atoms with E-state index in [1.807, 2.05) is 30.3 Å². The Bertz CT molecular complexity index is 1160. The van der Waals surface area contributed by atoms with Crippen LogP contribution in [0, 0.1) is 5.92 Å². The van der Waals surface area contributed by atoms with Crippen LogP contribution in [0.1, 0.15) is 48.0 Å². The number of rotatable bonds is 5. The van der Waals surface area contributed by atoms with Crippen molar-refractivity contribution < 1.29 is 4.79 Å². The highest BCUT2D eigenvalue weighted by molar-refractivity contribution is 6.06. The van der Waals surface area contributed by atoms with Crippen molar-refractivity contribution in [1.82, 2.24) is 19.8 Å². The van der Waals surface area contributed by atoms with Gasteiger partial charge in [-0.05, 0) is 68.5 Å². The number of nitrogens with one attached hydrogen (secondary N) is 1. The van der Waals surface area contributed by atoms with Crippen LogP contribution in [0.4, 0.5) is 0 Å². The summed E-state index contributed by atoms with van der Waals surface area (Å²) in [4.78, 5) is 33.1. The first kappa shape index (κ1) is 20.9. The maximum absolute atomic E-state index is 13.3. The number of hydrogen-bond donors (Lipinski definition) is 1. The van der Waals surface area contributed by atoms with Crippen LogP contribution in [0.15, 0.2) is 59.8 Å². The number of carbonyl (C=O) groups is 1. The van der Waals surface area contributed by atoms with Crippen molar-refractivity contribution >= 4 is 16.7 Å². The first-order chi connectivity index (χ1) is 15.7. The summed E-state index contributed by atoms with van der Waals surface area (Å²) in [5.41, 5.74) is 1.45. The third kappa shape index (κ3) is 4.19. The zero-order valence-electron chi connectivity index (χ0n) is 18.4. The molecule has 2 saturated heterocycles. The molecule has 6 heteroatoms. The zero-order valence-corrected chi connectivity index (χ0v) is 18.4. The molecule has 0 radical (unpaired) electrons. The van der Waals surface area contributed by atoms with Crippen LogP contribution in [0.5, 0.6) is 0 Å². The van der Waals surface area contributed by atoms with E-state index in [1.54, 1.807) is 29.2 Å². The lowest BCUT2D eigenvalue weighted by Gasteiger charge is -2.44. The second-order valence-electron chi connectivity index (χ2n) is 9.09. The summed E-state index contributed by atoms with van der Waals surface area (Å²) in [6, 6.07) is 11.8. The van der Waals surface area contributed by atoms with Gasteiger partial charge in [-0.3, -0.25) is 14.6 Å². The lowest BCUT2D eigenvalue weighted by molar-refractivity contribution is 0.0576. The maximum atomic E-state index is 13.3. The van der Waals surface area contributed by atoms with Gasteiger partial charge in [0.2, 0.25) is 0 Å². The average molecular weight is 431 g/mol. The SMILES string of the molecule is O=C(NC[C@H]1CCCN2CCCC[C@H]12)c1cn(Cc2ccncc2)c(=O)c2ccccc12. The molecule has 3 aromatic rings. The van der Waals surface area contributed by atoms with Crippen molar-refractivity contribution in [1.29, 1.82) is 0 Å². The van der Waals surface area contributed by atoms with Gasteiger partial charge in [0.25, 0.3) is 11.5 Å². The van der Waals surface area contributed by atoms with Crippen molar-refractivity contribution in [3.8, 4) is 0 Å². The molecule has 6 nitrogen and oxygen atoms in total. The summed E-state index contributed by atoms with van der Waals surface area (Å²) in [6.45, 7) is 3.49. The van der Waals surface area contributed by atoms with Gasteiger partial charge in [0.05, 0.1) is 12.1 Å². The largest absolute Gasteiger partial charge is 0.352 e. The van der Waals surface area contributed by atoms with Crippen molar-refractivity contribution in [2.24, 2.45) is 5.92 Å². The third-order valence-electron chi connectivity index (χ3n) is 7.09. The van der Waals surface area contributed by atoms with Gasteiger partial charge in [-0.1, -0.05) is 24.6 Å². The summed E-state index contributed by atoms with van der Waals surface area (Å²) in [5, 5.41) is 4.50. The Hall–Kier alpha value is -2.99. The van der Waals surface area contributed by atoms with Crippen molar-refractivity contribution in [2.45, 2.75) is 44.7 Å². The number of carbonyl (C=O) groups excluding carboxylic acids is 1. The normalized spacial score (nSPS) is 21.2. The first-order valence-corrected chi connectivity index (χ1v) is 11.7. The summed E-state index contributed by atoms with van der Waals surface area (Å²) in [7, 11) is 0. The summed E-state index contributed by atoms with van der Waals surface area (Å²) < 4.78 is 1.63. The Balaban J connectivity index is 1.40. The van der Waals surface area contributed by atoms with E-state index in [-0.39, 0.29) is 11.5 Å². The molecule has 2 aliphatic rings. The van der Waals surface area contributed by atoms with Gasteiger partial charge < -0.3 is 14.8 Å². The van der Waals surface area contributed by atoms with Crippen LogP contribution in [0.2, 0.25) is 0 Å². The Labute approximate surface area is 188 Å². The maximum Gasteiger partial charge on any atom is 0.258 e. The van der Waals surface area contributed by atoms with E-state index in [4.69, 9.17) is 0 Å². The molecular formula is C26H30N4O2. The second kappa shape index (κ2) is 9.25. The molecule has 0 spiro atoms. The van der Waals surface area contributed by atoms with Gasteiger partial charge in [-0.15, -0.1) is 0 Å². The Morgan fingerprint density at radius 2 is 1.78 bits per heavy atom. The van der Waals surface area contributed by atoms with Gasteiger partial charge in [0.15, 0.2) is 0 Å².